The molecule has 4 heteroatoms. The molecule has 3 heterocycles. The van der Waals surface area contributed by atoms with E-state index in [4.69, 9.17) is 0 Å². The van der Waals surface area contributed by atoms with Gasteiger partial charge in [-0.3, -0.25) is 0 Å². The van der Waals surface area contributed by atoms with Gasteiger partial charge in [-0.2, -0.15) is 0 Å². The number of rotatable bonds is 0. The van der Waals surface area contributed by atoms with Gasteiger partial charge in [0.15, 0.2) is 0 Å². The van der Waals surface area contributed by atoms with Crippen molar-refractivity contribution in [3.05, 3.63) is 157 Å². The highest BCUT2D eigenvalue weighted by atomic mass is 15.2. The van der Waals surface area contributed by atoms with E-state index in [1.807, 2.05) is 0 Å². The van der Waals surface area contributed by atoms with Crippen LogP contribution < -0.4 is 9.13 Å². The molecule has 198 valence electrons. The van der Waals surface area contributed by atoms with E-state index in [1.54, 1.807) is 0 Å². The van der Waals surface area contributed by atoms with Crippen LogP contribution in [-0.4, -0.2) is 9.13 Å². The second kappa shape index (κ2) is 8.65. The Morgan fingerprint density at radius 2 is 1.05 bits per heavy atom. The first-order valence-electron chi connectivity index (χ1n) is 14.9. The van der Waals surface area contributed by atoms with Crippen LogP contribution in [0.15, 0.2) is 135 Å². The molecular formula is C37H32N4+2. The van der Waals surface area contributed by atoms with Gasteiger partial charge >= 0.3 is 0 Å². The summed E-state index contributed by atoms with van der Waals surface area (Å²) < 4.78 is 9.52. The zero-order chi connectivity index (χ0) is 27.0. The molecule has 0 amide bonds. The van der Waals surface area contributed by atoms with E-state index in [9.17, 15) is 0 Å². The number of nitrogens with zero attached hydrogens (tertiary/aromatic N) is 4. The van der Waals surface area contributed by atoms with Crippen molar-refractivity contribution < 1.29 is 9.13 Å². The summed E-state index contributed by atoms with van der Waals surface area (Å²) in [5.41, 5.74) is 9.86. The van der Waals surface area contributed by atoms with E-state index in [2.05, 4.69) is 153 Å². The molecule has 1 aliphatic heterocycles. The number of hydrogen-bond acceptors (Lipinski definition) is 0. The van der Waals surface area contributed by atoms with Gasteiger partial charge in [0.05, 0.1) is 5.41 Å². The van der Waals surface area contributed by atoms with Gasteiger partial charge in [-0.05, 0) is 83.3 Å². The molecule has 9 rings (SSSR count). The normalized spacial score (nSPS) is 19.5. The predicted molar refractivity (Wildman–Crippen MR) is 159 cm³/mol. The minimum Gasteiger partial charge on any atom is -0.229 e. The molecule has 1 saturated carbocycles. The van der Waals surface area contributed by atoms with E-state index in [0.717, 1.165) is 0 Å². The van der Waals surface area contributed by atoms with Gasteiger partial charge in [-0.25, -0.2) is 18.3 Å². The maximum atomic E-state index is 2.45. The first kappa shape index (κ1) is 23.0. The Balaban J connectivity index is 1.39. The number of imidazole rings is 2. The van der Waals surface area contributed by atoms with Crippen molar-refractivity contribution in [3.63, 3.8) is 0 Å². The van der Waals surface area contributed by atoms with Gasteiger partial charge in [0.1, 0.15) is 48.2 Å². The Kier molecular flexibility index (Phi) is 4.86. The molecule has 41 heavy (non-hydrogen) atoms. The summed E-state index contributed by atoms with van der Waals surface area (Å²) in [6, 6.07) is 37.3. The molecule has 2 aliphatic carbocycles. The smallest absolute Gasteiger partial charge is 0.229 e. The molecule has 0 radical (unpaired) electrons. The Morgan fingerprint density at radius 1 is 0.561 bits per heavy atom. The summed E-state index contributed by atoms with van der Waals surface area (Å²) in [7, 11) is 0. The lowest BCUT2D eigenvalue weighted by molar-refractivity contribution is -0.819. The third kappa shape index (κ3) is 3.22. The second-order valence-electron chi connectivity index (χ2n) is 11.9. The Hall–Kier alpha value is -4.70. The molecule has 1 fully saturated rings. The molecule has 8 bridgehead atoms. The number of hydrogen-bond donors (Lipinski definition) is 0. The molecule has 2 aromatic heterocycles. The van der Waals surface area contributed by atoms with Crippen molar-refractivity contribution in [1.29, 1.82) is 0 Å². The maximum Gasteiger partial charge on any atom is 0.249 e. The van der Waals surface area contributed by atoms with E-state index in [0.29, 0.717) is 12.1 Å². The largest absolute Gasteiger partial charge is 0.249 e. The van der Waals surface area contributed by atoms with Gasteiger partial charge in [0.25, 0.3) is 0 Å². The van der Waals surface area contributed by atoms with Crippen LogP contribution in [0.5, 0.6) is 0 Å². The summed E-state index contributed by atoms with van der Waals surface area (Å²) in [6.45, 7) is 0. The minimum atomic E-state index is -0.431. The Morgan fingerprint density at radius 3 is 1.56 bits per heavy atom. The average molecular weight is 533 g/mol. The van der Waals surface area contributed by atoms with Crippen molar-refractivity contribution in [2.45, 2.75) is 43.2 Å². The van der Waals surface area contributed by atoms with Crippen LogP contribution in [-0.2, 0) is 5.41 Å². The highest BCUT2D eigenvalue weighted by Gasteiger charge is 2.46. The van der Waals surface area contributed by atoms with Crippen LogP contribution in [0.25, 0.3) is 22.5 Å². The van der Waals surface area contributed by atoms with Crippen LogP contribution in [0.2, 0.25) is 0 Å². The van der Waals surface area contributed by atoms with Crippen LogP contribution in [0, 0.1) is 0 Å². The van der Waals surface area contributed by atoms with Gasteiger partial charge in [0.2, 0.25) is 12.7 Å². The molecule has 6 aromatic rings. The van der Waals surface area contributed by atoms with Crippen molar-refractivity contribution in [3.8, 4) is 22.5 Å². The van der Waals surface area contributed by atoms with Crippen LogP contribution >= 0.6 is 0 Å². The zero-order valence-electron chi connectivity index (χ0n) is 23.0. The molecule has 4 aromatic carbocycles. The zero-order valence-corrected chi connectivity index (χ0v) is 23.0. The van der Waals surface area contributed by atoms with Gasteiger partial charge in [-0.1, -0.05) is 72.8 Å². The lowest BCUT2D eigenvalue weighted by atomic mass is 9.67. The van der Waals surface area contributed by atoms with E-state index in [1.165, 1.54) is 70.4 Å². The highest BCUT2D eigenvalue weighted by Crippen LogP contribution is 2.56. The van der Waals surface area contributed by atoms with Crippen LogP contribution in [0.3, 0.4) is 0 Å². The molecule has 4 nitrogen and oxygen atoms in total. The van der Waals surface area contributed by atoms with Crippen molar-refractivity contribution >= 4 is 0 Å². The molecule has 0 N–H and O–H groups in total. The van der Waals surface area contributed by atoms with Crippen molar-refractivity contribution in [2.75, 3.05) is 0 Å². The van der Waals surface area contributed by atoms with Gasteiger partial charge in [-0.15, -0.1) is 0 Å². The number of fused-ring (bicyclic) bond motifs is 20. The SMILES string of the molecule is c1cc2cc(c1)C1(c3cccc(c3)-n3cc[n+](c3)C3CCCCC3[n+]3ccn-2c3)c2ccccc2-c2ccccc21. The monoisotopic (exact) mass is 532 g/mol. The van der Waals surface area contributed by atoms with E-state index >= 15 is 0 Å². The van der Waals surface area contributed by atoms with E-state index < -0.39 is 5.41 Å². The lowest BCUT2D eigenvalue weighted by Crippen LogP contribution is -2.52. The molecule has 0 saturated heterocycles. The summed E-state index contributed by atoms with van der Waals surface area (Å²) in [5.74, 6) is 0. The Bertz CT molecular complexity index is 1800. The lowest BCUT2D eigenvalue weighted by Gasteiger charge is -2.34. The summed E-state index contributed by atoms with van der Waals surface area (Å²) in [6.07, 6.45) is 18.6. The predicted octanol–water partition coefficient (Wildman–Crippen LogP) is 6.88. The van der Waals surface area contributed by atoms with Crippen molar-refractivity contribution in [2.24, 2.45) is 0 Å². The molecular weight excluding hydrogens is 500 g/mol. The summed E-state index contributed by atoms with van der Waals surface area (Å²) >= 11 is 0. The third-order valence-corrected chi connectivity index (χ3v) is 9.88. The Labute approximate surface area is 240 Å². The number of benzene rings is 4. The molecule has 2 atom stereocenters. The fraction of sp³-hybridized carbons (Fsp3) is 0.189. The van der Waals surface area contributed by atoms with Crippen molar-refractivity contribution in [1.82, 2.24) is 9.13 Å². The fourth-order valence-electron chi connectivity index (χ4n) is 8.05. The van der Waals surface area contributed by atoms with Gasteiger partial charge < -0.3 is 0 Å². The van der Waals surface area contributed by atoms with Gasteiger partial charge in [0, 0.05) is 0 Å². The standard InChI is InChI=1S/C37H32N4/c1-3-15-33-31(13-1)32-14-2-4-16-34(32)37(33)27-9-7-11-29(23-27)38-19-21-40(25-38)35-17-5-6-18-36(35)41-22-20-39(26-41)30-12-8-10-28(37)24-30/h1-4,7-16,19-26,35-36H,5-6,17-18H2/q+2. The second-order valence-corrected chi connectivity index (χ2v) is 11.9. The van der Waals surface area contributed by atoms with Crippen LogP contribution in [0.1, 0.15) is 60.0 Å². The molecule has 3 aliphatic rings. The quantitative estimate of drug-likeness (QED) is 0.190. The summed E-state index contributed by atoms with van der Waals surface area (Å²) in [5, 5.41) is 0. The summed E-state index contributed by atoms with van der Waals surface area (Å²) in [4.78, 5) is 0. The van der Waals surface area contributed by atoms with E-state index in [-0.39, 0.29) is 0 Å². The third-order valence-electron chi connectivity index (χ3n) is 9.88. The molecule has 2 unspecified atom stereocenters. The first-order valence-corrected chi connectivity index (χ1v) is 14.9. The average Bonchev–Trinajstić information content (AvgIpc) is 3.79. The topological polar surface area (TPSA) is 17.6 Å². The highest BCUT2D eigenvalue weighted by molar-refractivity contribution is 5.86. The van der Waals surface area contributed by atoms with Crippen LogP contribution in [0.4, 0.5) is 0 Å². The fourth-order valence-corrected chi connectivity index (χ4v) is 8.05. The number of aromatic nitrogens is 4. The maximum absolute atomic E-state index is 2.45. The minimum absolute atomic E-state index is 0.431. The molecule has 1 spiro atoms. The first-order chi connectivity index (χ1) is 20.3.